The highest BCUT2D eigenvalue weighted by Gasteiger charge is 2.31. The van der Waals surface area contributed by atoms with Crippen molar-refractivity contribution in [3.05, 3.63) is 35.4 Å². The van der Waals surface area contributed by atoms with Crippen LogP contribution >= 0.6 is 0 Å². The Hall–Kier alpha value is -1.49. The van der Waals surface area contributed by atoms with Gasteiger partial charge in [-0.1, -0.05) is 13.0 Å². The molecule has 130 valence electrons. The number of nitrogens with zero attached hydrogens (tertiary/aromatic N) is 1. The summed E-state index contributed by atoms with van der Waals surface area (Å²) in [6, 6.07) is 4.00. The maximum atomic E-state index is 14.0. The molecular weight excluding hydrogens is 300 g/mol. The van der Waals surface area contributed by atoms with E-state index < -0.39 is 11.6 Å². The van der Waals surface area contributed by atoms with Crippen molar-refractivity contribution in [2.45, 2.75) is 52.0 Å². The van der Waals surface area contributed by atoms with E-state index >= 15 is 0 Å². The second-order valence-electron chi connectivity index (χ2n) is 7.11. The van der Waals surface area contributed by atoms with Gasteiger partial charge in [0.1, 0.15) is 11.6 Å². The lowest BCUT2D eigenvalue weighted by molar-refractivity contribution is -0.122. The van der Waals surface area contributed by atoms with Gasteiger partial charge >= 0.3 is 0 Å². The van der Waals surface area contributed by atoms with Gasteiger partial charge in [-0.3, -0.25) is 9.69 Å². The summed E-state index contributed by atoms with van der Waals surface area (Å²) in [4.78, 5) is 10.8. The van der Waals surface area contributed by atoms with Crippen LogP contribution in [0.1, 0.15) is 52.0 Å². The Kier molecular flexibility index (Phi) is 7.13. The van der Waals surface area contributed by atoms with E-state index in [2.05, 4.69) is 32.6 Å². The van der Waals surface area contributed by atoms with E-state index in [1.54, 1.807) is 6.07 Å². The standard InChI is InChI=1S/C17H25F2N.CH2O2/c1-12-11-20(17(2,3)4)9-5-6-14(12)15-8-7-13(18)10-16(15)19;2-1-3/h7-8,10,12,14H,5-6,9,11H2,1-4H3;1H,(H,2,3)/t12-,14-;/m1./s1. The van der Waals surface area contributed by atoms with Crippen molar-refractivity contribution in [1.29, 1.82) is 0 Å². The summed E-state index contributed by atoms with van der Waals surface area (Å²) in [5.41, 5.74) is 0.819. The Morgan fingerprint density at radius 3 is 2.43 bits per heavy atom. The summed E-state index contributed by atoms with van der Waals surface area (Å²) in [7, 11) is 0. The van der Waals surface area contributed by atoms with Gasteiger partial charge in [0.25, 0.3) is 6.47 Å². The van der Waals surface area contributed by atoms with Gasteiger partial charge in [-0.15, -0.1) is 0 Å². The fourth-order valence-electron chi connectivity index (χ4n) is 3.23. The molecule has 5 heteroatoms. The highest BCUT2D eigenvalue weighted by atomic mass is 19.1. The monoisotopic (exact) mass is 327 g/mol. The molecule has 2 rings (SSSR count). The SMILES string of the molecule is C[C@@H]1CN(C(C)(C)C)CCC[C@H]1c1ccc(F)cc1F.O=CO. The lowest BCUT2D eigenvalue weighted by atomic mass is 9.84. The highest BCUT2D eigenvalue weighted by molar-refractivity contribution is 5.32. The van der Waals surface area contributed by atoms with E-state index in [0.717, 1.165) is 32.0 Å². The van der Waals surface area contributed by atoms with Crippen LogP contribution in [0.25, 0.3) is 0 Å². The molecule has 1 saturated heterocycles. The van der Waals surface area contributed by atoms with Gasteiger partial charge in [-0.25, -0.2) is 8.78 Å². The summed E-state index contributed by atoms with van der Waals surface area (Å²) in [5, 5.41) is 6.89. The third-order valence-electron chi connectivity index (χ3n) is 4.45. The largest absolute Gasteiger partial charge is 0.483 e. The van der Waals surface area contributed by atoms with Crippen molar-refractivity contribution < 1.29 is 18.7 Å². The molecule has 1 fully saturated rings. The smallest absolute Gasteiger partial charge is 0.290 e. The number of halogens is 2. The summed E-state index contributed by atoms with van der Waals surface area (Å²) in [6.07, 6.45) is 2.03. The molecule has 1 N–H and O–H groups in total. The molecule has 1 aliphatic rings. The van der Waals surface area contributed by atoms with Crippen molar-refractivity contribution >= 4 is 6.47 Å². The molecule has 0 aliphatic carbocycles. The number of likely N-dealkylation sites (tertiary alicyclic amines) is 1. The topological polar surface area (TPSA) is 40.5 Å². The third-order valence-corrected chi connectivity index (χ3v) is 4.45. The zero-order chi connectivity index (χ0) is 17.6. The number of hydrogen-bond donors (Lipinski definition) is 1. The highest BCUT2D eigenvalue weighted by Crippen LogP contribution is 2.35. The number of hydrogen-bond acceptors (Lipinski definition) is 2. The fourth-order valence-corrected chi connectivity index (χ4v) is 3.23. The molecule has 1 aromatic rings. The van der Waals surface area contributed by atoms with Crippen LogP contribution in [0.15, 0.2) is 18.2 Å². The van der Waals surface area contributed by atoms with Gasteiger partial charge in [0.15, 0.2) is 0 Å². The molecule has 1 aliphatic heterocycles. The van der Waals surface area contributed by atoms with Crippen LogP contribution in [0.2, 0.25) is 0 Å². The van der Waals surface area contributed by atoms with E-state index in [4.69, 9.17) is 9.90 Å². The zero-order valence-corrected chi connectivity index (χ0v) is 14.4. The van der Waals surface area contributed by atoms with Crippen LogP contribution in [-0.4, -0.2) is 35.1 Å². The third kappa shape index (κ3) is 5.57. The van der Waals surface area contributed by atoms with Gasteiger partial charge < -0.3 is 5.11 Å². The molecule has 0 radical (unpaired) electrons. The number of rotatable bonds is 1. The lowest BCUT2D eigenvalue weighted by Crippen LogP contribution is -2.43. The molecule has 2 atom stereocenters. The minimum atomic E-state index is -0.496. The minimum absolute atomic E-state index is 0.143. The number of carboxylic acid groups (broad SMARTS) is 1. The first-order valence-electron chi connectivity index (χ1n) is 7.98. The summed E-state index contributed by atoms with van der Waals surface area (Å²) in [5.74, 6) is -0.338. The first kappa shape index (κ1) is 19.6. The van der Waals surface area contributed by atoms with Crippen molar-refractivity contribution in [3.8, 4) is 0 Å². The zero-order valence-electron chi connectivity index (χ0n) is 14.4. The molecule has 0 saturated carbocycles. The van der Waals surface area contributed by atoms with Crippen molar-refractivity contribution in [1.82, 2.24) is 4.90 Å². The van der Waals surface area contributed by atoms with E-state index in [9.17, 15) is 8.78 Å². The summed E-state index contributed by atoms with van der Waals surface area (Å²) in [6.45, 7) is 10.6. The van der Waals surface area contributed by atoms with Crippen molar-refractivity contribution in [2.24, 2.45) is 5.92 Å². The van der Waals surface area contributed by atoms with Crippen molar-refractivity contribution in [3.63, 3.8) is 0 Å². The average molecular weight is 327 g/mol. The molecule has 0 amide bonds. The van der Waals surface area contributed by atoms with Crippen LogP contribution < -0.4 is 0 Å². The Bertz CT molecular complexity index is 514. The quantitative estimate of drug-likeness (QED) is 0.783. The summed E-state index contributed by atoms with van der Waals surface area (Å²) < 4.78 is 27.1. The lowest BCUT2D eigenvalue weighted by Gasteiger charge is -2.36. The van der Waals surface area contributed by atoms with E-state index in [1.165, 1.54) is 6.07 Å². The minimum Gasteiger partial charge on any atom is -0.483 e. The first-order chi connectivity index (χ1) is 10.7. The molecule has 1 aromatic carbocycles. The number of benzene rings is 1. The van der Waals surface area contributed by atoms with Gasteiger partial charge in [-0.2, -0.15) is 0 Å². The maximum Gasteiger partial charge on any atom is 0.290 e. The normalized spacial score (nSPS) is 22.7. The van der Waals surface area contributed by atoms with Crippen LogP contribution in [0.3, 0.4) is 0 Å². The maximum absolute atomic E-state index is 14.0. The summed E-state index contributed by atoms with van der Waals surface area (Å²) >= 11 is 0. The first-order valence-corrected chi connectivity index (χ1v) is 7.98. The Labute approximate surface area is 137 Å². The molecular formula is C18H27F2NO2. The molecule has 1 heterocycles. The Morgan fingerprint density at radius 2 is 1.91 bits per heavy atom. The number of carbonyl (C=O) groups is 1. The van der Waals surface area contributed by atoms with E-state index in [0.29, 0.717) is 11.5 Å². The molecule has 0 unspecified atom stereocenters. The molecule has 0 aromatic heterocycles. The second-order valence-corrected chi connectivity index (χ2v) is 7.11. The van der Waals surface area contributed by atoms with Crippen LogP contribution in [0.5, 0.6) is 0 Å². The fraction of sp³-hybridized carbons (Fsp3) is 0.611. The van der Waals surface area contributed by atoms with Gasteiger partial charge in [-0.05, 0) is 63.6 Å². The van der Waals surface area contributed by atoms with Gasteiger partial charge in [0.05, 0.1) is 0 Å². The Morgan fingerprint density at radius 1 is 1.30 bits per heavy atom. The predicted octanol–water partition coefficient (Wildman–Crippen LogP) is 4.28. The van der Waals surface area contributed by atoms with E-state index in [1.807, 2.05) is 0 Å². The predicted molar refractivity (Wildman–Crippen MR) is 87.5 cm³/mol. The van der Waals surface area contributed by atoms with Crippen LogP contribution in [0.4, 0.5) is 8.78 Å². The molecule has 23 heavy (non-hydrogen) atoms. The second kappa shape index (κ2) is 8.39. The van der Waals surface area contributed by atoms with Gasteiger partial charge in [0.2, 0.25) is 0 Å². The van der Waals surface area contributed by atoms with Crippen LogP contribution in [0, 0.1) is 17.6 Å². The molecule has 0 bridgehead atoms. The van der Waals surface area contributed by atoms with Gasteiger partial charge in [0, 0.05) is 18.2 Å². The molecule has 3 nitrogen and oxygen atoms in total. The average Bonchev–Trinajstić information content (AvgIpc) is 2.61. The Balaban J connectivity index is 0.000000816. The van der Waals surface area contributed by atoms with E-state index in [-0.39, 0.29) is 17.9 Å². The van der Waals surface area contributed by atoms with Crippen LogP contribution in [-0.2, 0) is 4.79 Å². The molecule has 0 spiro atoms. The van der Waals surface area contributed by atoms with Crippen molar-refractivity contribution in [2.75, 3.05) is 13.1 Å².